The fraction of sp³-hybridized carbons (Fsp3) is 0.458. The van der Waals surface area contributed by atoms with Crippen molar-refractivity contribution >= 4 is 21.7 Å². The van der Waals surface area contributed by atoms with Crippen molar-refractivity contribution in [3.8, 4) is 0 Å². The second-order valence-electron chi connectivity index (χ2n) is 8.93. The highest BCUT2D eigenvalue weighted by Crippen LogP contribution is 2.53. The number of carboxylic acid groups (broad SMARTS) is 1. The average Bonchev–Trinajstić information content (AvgIpc) is 2.93. The van der Waals surface area contributed by atoms with Crippen LogP contribution >= 0.6 is 0 Å². The van der Waals surface area contributed by atoms with Crippen molar-refractivity contribution in [1.29, 1.82) is 0 Å². The van der Waals surface area contributed by atoms with E-state index in [1.165, 1.54) is 19.3 Å². The summed E-state index contributed by atoms with van der Waals surface area (Å²) in [5.74, 6) is -2.76. The van der Waals surface area contributed by atoms with Crippen molar-refractivity contribution in [3.63, 3.8) is 0 Å². The Balaban J connectivity index is 0.000000344. The van der Waals surface area contributed by atoms with Gasteiger partial charge in [0.05, 0.1) is 12.2 Å². The van der Waals surface area contributed by atoms with Crippen LogP contribution in [-0.4, -0.2) is 49.7 Å². The number of fused-ring (bicyclic) bond motifs is 2. The maximum atomic E-state index is 13.8. The first kappa shape index (κ1) is 24.5. The van der Waals surface area contributed by atoms with Gasteiger partial charge in [0.2, 0.25) is 10.0 Å². The Morgan fingerprint density at radius 2 is 1.56 bits per heavy atom. The van der Waals surface area contributed by atoms with Gasteiger partial charge < -0.3 is 10.0 Å². The summed E-state index contributed by atoms with van der Waals surface area (Å²) in [6.45, 7) is 2.18. The van der Waals surface area contributed by atoms with Crippen LogP contribution in [0.1, 0.15) is 43.2 Å². The Kier molecular flexibility index (Phi) is 6.65. The standard InChI is InChI=1S/C22H26N2O2S.C2HF3O2/c25-27(26)22(13-15-23(16-14-22)19-9-6-10-19)20-11-4-5-12-21(20)24(27)17-18-7-2-1-3-8-18;3-2(4,5)1(6)7/h1-5,7-8,11-12,19H,6,9-10,13-17H2;(H,6,7). The minimum absolute atomic E-state index is 0.411. The van der Waals surface area contributed by atoms with Gasteiger partial charge in [-0.3, -0.25) is 4.31 Å². The summed E-state index contributed by atoms with van der Waals surface area (Å²) in [6, 6.07) is 18.5. The molecule has 0 radical (unpaired) electrons. The van der Waals surface area contributed by atoms with E-state index in [1.54, 1.807) is 4.31 Å². The first-order valence-electron chi connectivity index (χ1n) is 11.3. The Morgan fingerprint density at radius 3 is 2.09 bits per heavy atom. The third-order valence-electron chi connectivity index (χ3n) is 7.06. The Hall–Kier alpha value is -2.59. The number of likely N-dealkylation sites (tertiary alicyclic amines) is 1. The number of aliphatic carboxylic acids is 1. The molecule has 34 heavy (non-hydrogen) atoms. The van der Waals surface area contributed by atoms with Gasteiger partial charge in [0.25, 0.3) is 0 Å². The molecule has 2 aromatic rings. The van der Waals surface area contributed by atoms with E-state index in [1.807, 2.05) is 54.6 Å². The second-order valence-corrected chi connectivity index (χ2v) is 11.1. The summed E-state index contributed by atoms with van der Waals surface area (Å²) < 4.78 is 60.2. The predicted octanol–water partition coefficient (Wildman–Crippen LogP) is 4.51. The van der Waals surface area contributed by atoms with E-state index in [0.717, 1.165) is 29.9 Å². The van der Waals surface area contributed by atoms with E-state index >= 15 is 0 Å². The number of anilines is 1. The highest BCUT2D eigenvalue weighted by atomic mass is 32.2. The summed E-state index contributed by atoms with van der Waals surface area (Å²) in [4.78, 5) is 11.4. The molecule has 2 aliphatic heterocycles. The molecule has 3 aliphatic rings. The van der Waals surface area contributed by atoms with Crippen LogP contribution in [0.15, 0.2) is 54.6 Å². The first-order valence-corrected chi connectivity index (χ1v) is 12.7. The molecule has 6 nitrogen and oxygen atoms in total. The van der Waals surface area contributed by atoms with Crippen molar-refractivity contribution in [2.45, 2.75) is 55.6 Å². The van der Waals surface area contributed by atoms with Crippen LogP contribution in [0.2, 0.25) is 0 Å². The van der Waals surface area contributed by atoms with Gasteiger partial charge in [-0.2, -0.15) is 13.2 Å². The molecule has 0 unspecified atom stereocenters. The van der Waals surface area contributed by atoms with E-state index in [2.05, 4.69) is 4.90 Å². The number of halogens is 3. The summed E-state index contributed by atoms with van der Waals surface area (Å²) in [7, 11) is -3.44. The number of alkyl halides is 3. The van der Waals surface area contributed by atoms with E-state index < -0.39 is 26.9 Å². The lowest BCUT2D eigenvalue weighted by molar-refractivity contribution is -0.192. The van der Waals surface area contributed by atoms with E-state index in [-0.39, 0.29) is 0 Å². The van der Waals surface area contributed by atoms with Gasteiger partial charge in [0.15, 0.2) is 0 Å². The number of nitrogens with zero attached hydrogens (tertiary/aromatic N) is 2. The number of hydrogen-bond donors (Lipinski definition) is 1. The zero-order chi connectivity index (χ0) is 24.6. The maximum absolute atomic E-state index is 13.8. The Labute approximate surface area is 197 Å². The van der Waals surface area contributed by atoms with Gasteiger partial charge >= 0.3 is 12.1 Å². The van der Waals surface area contributed by atoms with Crippen LogP contribution in [0.25, 0.3) is 0 Å². The highest BCUT2D eigenvalue weighted by Gasteiger charge is 2.57. The van der Waals surface area contributed by atoms with E-state index in [9.17, 15) is 21.6 Å². The summed E-state index contributed by atoms with van der Waals surface area (Å²) in [5, 5.41) is 7.12. The minimum Gasteiger partial charge on any atom is -0.475 e. The smallest absolute Gasteiger partial charge is 0.475 e. The Bertz CT molecular complexity index is 1130. The molecule has 1 N–H and O–H groups in total. The van der Waals surface area contributed by atoms with Crippen LogP contribution in [0.3, 0.4) is 0 Å². The number of piperidine rings is 1. The fourth-order valence-electron chi connectivity index (χ4n) is 5.00. The number of hydrogen-bond acceptors (Lipinski definition) is 4. The van der Waals surface area contributed by atoms with Gasteiger partial charge in [0.1, 0.15) is 4.75 Å². The molecule has 184 valence electrons. The fourth-order valence-corrected chi connectivity index (χ4v) is 7.31. The van der Waals surface area contributed by atoms with Crippen molar-refractivity contribution < 1.29 is 31.5 Å². The first-order chi connectivity index (χ1) is 16.1. The molecule has 1 saturated heterocycles. The molecule has 10 heteroatoms. The minimum atomic E-state index is -5.08. The third kappa shape index (κ3) is 4.40. The van der Waals surface area contributed by atoms with Crippen molar-refractivity contribution in [3.05, 3.63) is 65.7 Å². The van der Waals surface area contributed by atoms with Crippen molar-refractivity contribution in [1.82, 2.24) is 4.90 Å². The molecular formula is C24H27F3N2O4S. The summed E-state index contributed by atoms with van der Waals surface area (Å²) >= 11 is 0. The predicted molar refractivity (Wildman–Crippen MR) is 122 cm³/mol. The van der Waals surface area contributed by atoms with E-state index in [0.29, 0.717) is 25.4 Å². The molecule has 0 aromatic heterocycles. The van der Waals surface area contributed by atoms with Crippen LogP contribution in [0.4, 0.5) is 18.9 Å². The number of carboxylic acids is 1. The normalized spacial score (nSPS) is 21.3. The third-order valence-corrected chi connectivity index (χ3v) is 9.58. The molecule has 2 aromatic carbocycles. The van der Waals surface area contributed by atoms with Gasteiger partial charge in [-0.05, 0) is 42.9 Å². The van der Waals surface area contributed by atoms with Crippen LogP contribution in [0, 0.1) is 0 Å². The number of benzene rings is 2. The molecule has 2 heterocycles. The van der Waals surface area contributed by atoms with Gasteiger partial charge in [-0.25, -0.2) is 13.2 Å². The Morgan fingerprint density at radius 1 is 1.00 bits per heavy atom. The summed E-state index contributed by atoms with van der Waals surface area (Å²) in [6.07, 6.45) is 0.188. The topological polar surface area (TPSA) is 77.9 Å². The highest BCUT2D eigenvalue weighted by molar-refractivity contribution is 7.94. The second kappa shape index (κ2) is 9.22. The summed E-state index contributed by atoms with van der Waals surface area (Å²) in [5.41, 5.74) is 2.91. The van der Waals surface area contributed by atoms with Gasteiger partial charge in [-0.15, -0.1) is 0 Å². The van der Waals surface area contributed by atoms with Crippen molar-refractivity contribution in [2.24, 2.45) is 0 Å². The van der Waals surface area contributed by atoms with Gasteiger partial charge in [0, 0.05) is 19.1 Å². The molecule has 0 bridgehead atoms. The molecular weight excluding hydrogens is 469 g/mol. The molecule has 2 fully saturated rings. The maximum Gasteiger partial charge on any atom is 0.490 e. The molecule has 1 aliphatic carbocycles. The average molecular weight is 497 g/mol. The van der Waals surface area contributed by atoms with Gasteiger partial charge in [-0.1, -0.05) is 55.0 Å². The van der Waals surface area contributed by atoms with Crippen LogP contribution < -0.4 is 4.31 Å². The lowest BCUT2D eigenvalue weighted by atomic mass is 9.84. The van der Waals surface area contributed by atoms with Crippen LogP contribution in [-0.2, 0) is 26.1 Å². The molecule has 1 spiro atoms. The number of para-hydroxylation sites is 1. The van der Waals surface area contributed by atoms with Crippen LogP contribution in [0.5, 0.6) is 0 Å². The molecule has 0 atom stereocenters. The van der Waals surface area contributed by atoms with Crippen molar-refractivity contribution in [2.75, 3.05) is 17.4 Å². The van der Waals surface area contributed by atoms with E-state index in [4.69, 9.17) is 9.90 Å². The number of carbonyl (C=O) groups is 1. The number of rotatable bonds is 3. The zero-order valence-corrected chi connectivity index (χ0v) is 19.4. The lowest BCUT2D eigenvalue weighted by Crippen LogP contribution is -2.52. The quantitative estimate of drug-likeness (QED) is 0.677. The SMILES string of the molecule is O=C(O)C(F)(F)F.O=S1(=O)N(Cc2ccccc2)c2ccccc2C12CCN(C1CCC1)CC2. The molecule has 1 saturated carbocycles. The zero-order valence-electron chi connectivity index (χ0n) is 18.5. The lowest BCUT2D eigenvalue weighted by Gasteiger charge is -2.45. The number of sulfonamides is 1. The largest absolute Gasteiger partial charge is 0.490 e. The molecule has 5 rings (SSSR count). The monoisotopic (exact) mass is 496 g/mol. The molecule has 0 amide bonds.